The molecule has 0 radical (unpaired) electrons. The Bertz CT molecular complexity index is 1410. The van der Waals surface area contributed by atoms with E-state index in [9.17, 15) is 28.8 Å². The molecule has 0 spiro atoms. The molecule has 0 unspecified atom stereocenters. The number of carbonyl (C=O) groups is 6. The first kappa shape index (κ1) is 37.7. The van der Waals surface area contributed by atoms with Gasteiger partial charge in [-0.15, -0.1) is 0 Å². The highest BCUT2D eigenvalue weighted by atomic mass is 16.2. The van der Waals surface area contributed by atoms with Gasteiger partial charge in [-0.2, -0.15) is 0 Å². The first-order chi connectivity index (χ1) is 23.0. The summed E-state index contributed by atoms with van der Waals surface area (Å²) < 4.78 is 0. The van der Waals surface area contributed by atoms with Crippen molar-refractivity contribution in [2.24, 2.45) is 5.92 Å². The Kier molecular flexibility index (Phi) is 15.1. The van der Waals surface area contributed by atoms with E-state index in [-0.39, 0.29) is 68.3 Å². The van der Waals surface area contributed by atoms with Crippen LogP contribution in [0.1, 0.15) is 70.9 Å². The number of aryl methyl sites for hydroxylation is 1. The summed E-state index contributed by atoms with van der Waals surface area (Å²) >= 11 is 0. The number of anilines is 1. The monoisotopic (exact) mass is 662 g/mol. The number of hydrogen-bond donors (Lipinski definition) is 5. The van der Waals surface area contributed by atoms with Crippen LogP contribution >= 0.6 is 0 Å². The van der Waals surface area contributed by atoms with E-state index < -0.39 is 29.9 Å². The predicted octanol–water partition coefficient (Wildman–Crippen LogP) is 2.47. The van der Waals surface area contributed by atoms with Crippen molar-refractivity contribution in [2.45, 2.75) is 90.8 Å². The number of nitrogens with zero attached hydrogens (tertiary/aromatic N) is 1. The molecule has 0 bridgehead atoms. The van der Waals surface area contributed by atoms with Crippen LogP contribution in [0.15, 0.2) is 54.6 Å². The maximum Gasteiger partial charge on any atom is 0.243 e. The van der Waals surface area contributed by atoms with E-state index in [0.29, 0.717) is 25.1 Å². The molecule has 0 aliphatic carbocycles. The molecule has 0 aromatic heterocycles. The maximum absolute atomic E-state index is 13.3. The lowest BCUT2D eigenvalue weighted by Gasteiger charge is -2.26. The predicted molar refractivity (Wildman–Crippen MR) is 184 cm³/mol. The van der Waals surface area contributed by atoms with Crippen LogP contribution in [0.2, 0.25) is 0 Å². The molecular weight excluding hydrogens is 612 g/mol. The van der Waals surface area contributed by atoms with Crippen LogP contribution in [0.25, 0.3) is 0 Å². The van der Waals surface area contributed by atoms with Gasteiger partial charge >= 0.3 is 0 Å². The van der Waals surface area contributed by atoms with Gasteiger partial charge in [-0.3, -0.25) is 28.8 Å². The molecule has 0 saturated carbocycles. The Hall–Kier alpha value is -4.74. The molecule has 1 aliphatic rings. The quantitative estimate of drug-likeness (QED) is 0.291. The zero-order valence-corrected chi connectivity index (χ0v) is 28.5. The van der Waals surface area contributed by atoms with Gasteiger partial charge in [-0.05, 0) is 55.4 Å². The number of benzene rings is 2. The second-order valence-electron chi connectivity index (χ2n) is 12.5. The molecule has 5 N–H and O–H groups in total. The minimum Gasteiger partial charge on any atom is -0.354 e. The zero-order chi connectivity index (χ0) is 35.1. The van der Waals surface area contributed by atoms with E-state index in [0.717, 1.165) is 17.5 Å². The smallest absolute Gasteiger partial charge is 0.243 e. The minimum absolute atomic E-state index is 0.00657. The molecule has 3 rings (SSSR count). The summed E-state index contributed by atoms with van der Waals surface area (Å²) in [6.07, 6.45) is 1.84. The second-order valence-corrected chi connectivity index (χ2v) is 12.5. The molecule has 1 aliphatic heterocycles. The first-order valence-corrected chi connectivity index (χ1v) is 16.8. The van der Waals surface area contributed by atoms with Crippen molar-refractivity contribution in [3.05, 3.63) is 65.7 Å². The van der Waals surface area contributed by atoms with Crippen molar-refractivity contribution in [3.8, 4) is 0 Å². The number of amides is 6. The summed E-state index contributed by atoms with van der Waals surface area (Å²) in [7, 11) is 0. The fourth-order valence-electron chi connectivity index (χ4n) is 5.37. The highest BCUT2D eigenvalue weighted by molar-refractivity contribution is 5.95. The van der Waals surface area contributed by atoms with Crippen LogP contribution in [0, 0.1) is 5.92 Å². The van der Waals surface area contributed by atoms with Gasteiger partial charge in [-0.25, -0.2) is 0 Å². The molecule has 6 amide bonds. The van der Waals surface area contributed by atoms with E-state index in [1.807, 2.05) is 69.3 Å². The lowest BCUT2D eigenvalue weighted by Crippen LogP contribution is -2.57. The first-order valence-electron chi connectivity index (χ1n) is 16.8. The average Bonchev–Trinajstić information content (AvgIpc) is 3.06. The third kappa shape index (κ3) is 12.5. The number of nitrogens with one attached hydrogen (secondary N) is 5. The van der Waals surface area contributed by atoms with Crippen molar-refractivity contribution in [3.63, 3.8) is 0 Å². The van der Waals surface area contributed by atoms with Crippen molar-refractivity contribution >= 4 is 41.1 Å². The fraction of sp³-hybridized carbons (Fsp3) is 0.500. The summed E-state index contributed by atoms with van der Waals surface area (Å²) in [5.41, 5.74) is 2.59. The number of rotatable bonds is 8. The molecule has 12 heteroatoms. The second kappa shape index (κ2) is 19.2. The third-order valence-corrected chi connectivity index (χ3v) is 8.21. The molecule has 260 valence electrons. The van der Waals surface area contributed by atoms with Gasteiger partial charge < -0.3 is 31.5 Å². The van der Waals surface area contributed by atoms with Crippen LogP contribution in [0.3, 0.4) is 0 Å². The molecular formula is C36H50N6O6. The van der Waals surface area contributed by atoms with Crippen LogP contribution in [-0.4, -0.2) is 78.1 Å². The van der Waals surface area contributed by atoms with E-state index >= 15 is 0 Å². The van der Waals surface area contributed by atoms with Gasteiger partial charge in [0.25, 0.3) is 0 Å². The lowest BCUT2D eigenvalue weighted by atomic mass is 10.0. The third-order valence-electron chi connectivity index (χ3n) is 8.21. The van der Waals surface area contributed by atoms with E-state index in [4.69, 9.17) is 0 Å². The molecule has 2 aromatic carbocycles. The topological polar surface area (TPSA) is 166 Å². The van der Waals surface area contributed by atoms with Crippen molar-refractivity contribution in [2.75, 3.05) is 25.0 Å². The molecule has 48 heavy (non-hydrogen) atoms. The van der Waals surface area contributed by atoms with Crippen molar-refractivity contribution in [1.82, 2.24) is 26.2 Å². The Labute approximate surface area is 283 Å². The van der Waals surface area contributed by atoms with E-state index in [2.05, 4.69) is 26.6 Å². The normalized spacial score (nSPS) is 20.4. The average molecular weight is 663 g/mol. The Balaban J connectivity index is 1.72. The SMILES string of the molecule is CCc1cccc(NC(=O)CCC(=O)N2CCCNC(=O)[C@@H](C(C)C)NC(=O)[C@@H](C)NC(=O)[C@H](Cc3ccccc3)NC(=O)CCC2)c1. The Morgan fingerprint density at radius 1 is 0.854 bits per heavy atom. The van der Waals surface area contributed by atoms with Gasteiger partial charge in [0.05, 0.1) is 0 Å². The largest absolute Gasteiger partial charge is 0.354 e. The molecule has 1 saturated heterocycles. The van der Waals surface area contributed by atoms with Crippen LogP contribution in [-0.2, 0) is 41.6 Å². The lowest BCUT2D eigenvalue weighted by molar-refractivity contribution is -0.134. The number of hydrogen-bond acceptors (Lipinski definition) is 6. The fourth-order valence-corrected chi connectivity index (χ4v) is 5.37. The molecule has 12 nitrogen and oxygen atoms in total. The Morgan fingerprint density at radius 3 is 2.27 bits per heavy atom. The zero-order valence-electron chi connectivity index (χ0n) is 28.5. The standard InChI is InChI=1S/C36H50N6O6/c1-5-26-14-9-15-28(22-26)39-31(44)17-18-32(45)42-20-10-16-30(43)40-29(23-27-12-7-6-8-13-27)35(47)38-25(4)34(46)41-33(24(2)3)36(48)37-19-11-21-42/h6-9,12-15,22,24-25,29,33H,5,10-11,16-21,23H2,1-4H3,(H,37,48)(H,38,47)(H,39,44)(H,40,43)(H,41,46)/t25-,29+,33-/m1/s1. The van der Waals surface area contributed by atoms with Gasteiger partial charge in [0.1, 0.15) is 18.1 Å². The summed E-state index contributed by atoms with van der Waals surface area (Å²) in [5.74, 6) is -2.53. The van der Waals surface area contributed by atoms with Crippen LogP contribution in [0.4, 0.5) is 5.69 Å². The van der Waals surface area contributed by atoms with Gasteiger partial charge in [-0.1, -0.05) is 63.2 Å². The highest BCUT2D eigenvalue weighted by Crippen LogP contribution is 2.13. The molecule has 1 heterocycles. The van der Waals surface area contributed by atoms with Gasteiger partial charge in [0.15, 0.2) is 0 Å². The Morgan fingerprint density at radius 2 is 1.56 bits per heavy atom. The van der Waals surface area contributed by atoms with Crippen molar-refractivity contribution in [1.29, 1.82) is 0 Å². The molecule has 2 aromatic rings. The summed E-state index contributed by atoms with van der Waals surface area (Å²) in [5, 5.41) is 13.9. The maximum atomic E-state index is 13.3. The van der Waals surface area contributed by atoms with Crippen LogP contribution < -0.4 is 26.6 Å². The van der Waals surface area contributed by atoms with E-state index in [1.165, 1.54) is 6.92 Å². The highest BCUT2D eigenvalue weighted by Gasteiger charge is 2.29. The van der Waals surface area contributed by atoms with Crippen molar-refractivity contribution < 1.29 is 28.8 Å². The number of carbonyl (C=O) groups excluding carboxylic acids is 6. The summed E-state index contributed by atoms with van der Waals surface area (Å²) in [4.78, 5) is 80.0. The molecule has 3 atom stereocenters. The van der Waals surface area contributed by atoms with E-state index in [1.54, 1.807) is 11.0 Å². The van der Waals surface area contributed by atoms with Crippen LogP contribution in [0.5, 0.6) is 0 Å². The minimum atomic E-state index is -0.955. The summed E-state index contributed by atoms with van der Waals surface area (Å²) in [6, 6.07) is 14.0. The summed E-state index contributed by atoms with van der Waals surface area (Å²) in [6.45, 7) is 7.99. The van der Waals surface area contributed by atoms with Gasteiger partial charge in [0.2, 0.25) is 35.4 Å². The molecule has 1 fully saturated rings. The van der Waals surface area contributed by atoms with Gasteiger partial charge in [0, 0.05) is 51.0 Å².